The van der Waals surface area contributed by atoms with Gasteiger partial charge in [0.05, 0.1) is 5.69 Å². The molecule has 0 saturated heterocycles. The van der Waals surface area contributed by atoms with E-state index in [0.29, 0.717) is 0 Å². The molecule has 98 valence electrons. The van der Waals surface area contributed by atoms with Crippen LogP contribution in [0.2, 0.25) is 5.02 Å². The van der Waals surface area contributed by atoms with E-state index in [0.717, 1.165) is 12.3 Å². The van der Waals surface area contributed by atoms with E-state index in [2.05, 4.69) is 10.1 Å². The number of benzene rings is 1. The molecule has 0 bridgehead atoms. The first-order chi connectivity index (χ1) is 8.85. The highest BCUT2D eigenvalue weighted by atomic mass is 35.5. The summed E-state index contributed by atoms with van der Waals surface area (Å²) in [7, 11) is 0. The van der Waals surface area contributed by atoms with Gasteiger partial charge in [0.1, 0.15) is 17.7 Å². The molecule has 0 aliphatic rings. The fourth-order valence-electron chi connectivity index (χ4n) is 1.07. The van der Waals surface area contributed by atoms with Crippen LogP contribution in [0.4, 0.5) is 18.9 Å². The third-order valence-corrected chi connectivity index (χ3v) is 2.02. The highest BCUT2D eigenvalue weighted by molar-refractivity contribution is 6.30. The van der Waals surface area contributed by atoms with Crippen molar-refractivity contribution >= 4 is 17.3 Å². The number of hydrogen-bond acceptors (Lipinski definition) is 4. The molecule has 4 nitrogen and oxygen atoms in total. The molecule has 0 atom stereocenters. The Morgan fingerprint density at radius 1 is 1.32 bits per heavy atom. The van der Waals surface area contributed by atoms with E-state index >= 15 is 0 Å². The van der Waals surface area contributed by atoms with Gasteiger partial charge < -0.3 is 10.1 Å². The zero-order valence-electron chi connectivity index (χ0n) is 9.12. The fraction of sp³-hybridized carbons (Fsp3) is 0.0909. The Kier molecular flexibility index (Phi) is 4.62. The zero-order valence-corrected chi connectivity index (χ0v) is 9.88. The van der Waals surface area contributed by atoms with E-state index in [4.69, 9.17) is 22.1 Å². The van der Waals surface area contributed by atoms with E-state index in [9.17, 15) is 13.2 Å². The monoisotopic (exact) mass is 287 g/mol. The van der Waals surface area contributed by atoms with Crippen molar-refractivity contribution in [1.29, 1.82) is 10.5 Å². The Morgan fingerprint density at radius 3 is 2.47 bits per heavy atom. The van der Waals surface area contributed by atoms with Crippen LogP contribution < -0.4 is 10.1 Å². The molecule has 0 aromatic heterocycles. The van der Waals surface area contributed by atoms with Crippen molar-refractivity contribution in [2.75, 3.05) is 5.32 Å². The van der Waals surface area contributed by atoms with E-state index in [1.807, 2.05) is 0 Å². The molecule has 0 spiro atoms. The van der Waals surface area contributed by atoms with Crippen LogP contribution in [-0.4, -0.2) is 6.36 Å². The third kappa shape index (κ3) is 4.78. The second-order valence-electron chi connectivity index (χ2n) is 3.11. The Morgan fingerprint density at radius 2 is 1.95 bits per heavy atom. The van der Waals surface area contributed by atoms with Gasteiger partial charge in [-0.3, -0.25) is 0 Å². The first-order valence-electron chi connectivity index (χ1n) is 4.68. The lowest BCUT2D eigenvalue weighted by molar-refractivity contribution is -0.274. The van der Waals surface area contributed by atoms with Gasteiger partial charge in [0.2, 0.25) is 0 Å². The smallest absolute Gasteiger partial charge is 0.404 e. The number of anilines is 1. The summed E-state index contributed by atoms with van der Waals surface area (Å²) < 4.78 is 40.2. The molecule has 0 radical (unpaired) electrons. The standard InChI is InChI=1S/C11H5ClF3N3O/c12-8-1-2-10(19-11(13,14)15)9(3-8)18-6-7(4-16)5-17/h1-3,6,18H. The van der Waals surface area contributed by atoms with Crippen LogP contribution in [0.3, 0.4) is 0 Å². The zero-order chi connectivity index (χ0) is 14.5. The van der Waals surface area contributed by atoms with Crippen molar-refractivity contribution in [2.24, 2.45) is 0 Å². The maximum atomic E-state index is 12.2. The number of ether oxygens (including phenoxy) is 1. The molecule has 1 aromatic rings. The molecule has 0 heterocycles. The van der Waals surface area contributed by atoms with Crippen LogP contribution in [0.15, 0.2) is 30.0 Å². The van der Waals surface area contributed by atoms with Gasteiger partial charge in [-0.2, -0.15) is 10.5 Å². The predicted octanol–water partition coefficient (Wildman–Crippen LogP) is 3.58. The summed E-state index contributed by atoms with van der Waals surface area (Å²) in [6.07, 6.45) is -3.91. The van der Waals surface area contributed by atoms with Gasteiger partial charge in [-0.25, -0.2) is 0 Å². The number of allylic oxidation sites excluding steroid dienone is 1. The molecule has 0 aliphatic heterocycles. The molecule has 1 N–H and O–H groups in total. The number of alkyl halides is 3. The van der Waals surface area contributed by atoms with Crippen LogP contribution in [0.1, 0.15) is 0 Å². The van der Waals surface area contributed by atoms with E-state index in [1.165, 1.54) is 12.1 Å². The number of halogens is 4. The maximum Gasteiger partial charge on any atom is 0.573 e. The third-order valence-electron chi connectivity index (χ3n) is 1.78. The first kappa shape index (κ1) is 14.7. The van der Waals surface area contributed by atoms with E-state index in [1.54, 1.807) is 12.1 Å². The average Bonchev–Trinajstić information content (AvgIpc) is 2.32. The predicted molar refractivity (Wildman–Crippen MR) is 61.1 cm³/mol. The molecule has 0 amide bonds. The van der Waals surface area contributed by atoms with Crippen molar-refractivity contribution in [3.8, 4) is 17.9 Å². The number of rotatable bonds is 3. The van der Waals surface area contributed by atoms with Gasteiger partial charge in [0.25, 0.3) is 0 Å². The Labute approximate surface area is 111 Å². The summed E-state index contributed by atoms with van der Waals surface area (Å²) in [6, 6.07) is 6.50. The quantitative estimate of drug-likeness (QED) is 0.863. The fourth-order valence-corrected chi connectivity index (χ4v) is 1.24. The van der Waals surface area contributed by atoms with E-state index in [-0.39, 0.29) is 16.3 Å². The minimum atomic E-state index is -4.86. The lowest BCUT2D eigenvalue weighted by Crippen LogP contribution is -2.17. The van der Waals surface area contributed by atoms with Gasteiger partial charge >= 0.3 is 6.36 Å². The number of nitrogens with zero attached hydrogens (tertiary/aromatic N) is 2. The SMILES string of the molecule is N#CC(C#N)=CNc1cc(Cl)ccc1OC(F)(F)F. The van der Waals surface area contributed by atoms with Gasteiger partial charge in [0, 0.05) is 11.2 Å². The largest absolute Gasteiger partial charge is 0.573 e. The van der Waals surface area contributed by atoms with Crippen molar-refractivity contribution in [2.45, 2.75) is 6.36 Å². The lowest BCUT2D eigenvalue weighted by atomic mass is 10.3. The summed E-state index contributed by atoms with van der Waals surface area (Å²) in [6.45, 7) is 0. The normalized spacial score (nSPS) is 10.0. The number of hydrogen-bond donors (Lipinski definition) is 1. The van der Waals surface area contributed by atoms with Crippen molar-refractivity contribution < 1.29 is 17.9 Å². The van der Waals surface area contributed by atoms with Gasteiger partial charge in [-0.05, 0) is 18.2 Å². The van der Waals surface area contributed by atoms with E-state index < -0.39 is 12.1 Å². The van der Waals surface area contributed by atoms with Crippen LogP contribution in [-0.2, 0) is 0 Å². The molecular formula is C11H5ClF3N3O. The maximum absolute atomic E-state index is 12.2. The first-order valence-corrected chi connectivity index (χ1v) is 5.05. The molecule has 0 fully saturated rings. The molecule has 1 aromatic carbocycles. The summed E-state index contributed by atoms with van der Waals surface area (Å²) >= 11 is 5.64. The molecule has 8 heteroatoms. The summed E-state index contributed by atoms with van der Waals surface area (Å²) in [5, 5.41) is 19.5. The number of nitrogens with one attached hydrogen (secondary N) is 1. The highest BCUT2D eigenvalue weighted by Crippen LogP contribution is 2.32. The van der Waals surface area contributed by atoms with Crippen LogP contribution in [0, 0.1) is 22.7 Å². The average molecular weight is 288 g/mol. The van der Waals surface area contributed by atoms with Crippen molar-refractivity contribution in [3.05, 3.63) is 35.0 Å². The summed E-state index contributed by atoms with van der Waals surface area (Å²) in [4.78, 5) is 0. The Hall–Kier alpha value is -2.38. The van der Waals surface area contributed by atoms with Crippen LogP contribution in [0.25, 0.3) is 0 Å². The van der Waals surface area contributed by atoms with Crippen molar-refractivity contribution in [3.63, 3.8) is 0 Å². The summed E-state index contributed by atoms with van der Waals surface area (Å²) in [5.74, 6) is -0.525. The molecule has 0 aliphatic carbocycles. The Bertz CT molecular complexity index is 568. The molecule has 19 heavy (non-hydrogen) atoms. The molecule has 0 unspecified atom stereocenters. The lowest BCUT2D eigenvalue weighted by Gasteiger charge is -2.13. The minimum Gasteiger partial charge on any atom is -0.404 e. The highest BCUT2D eigenvalue weighted by Gasteiger charge is 2.32. The van der Waals surface area contributed by atoms with Gasteiger partial charge in [0.15, 0.2) is 5.75 Å². The van der Waals surface area contributed by atoms with Crippen molar-refractivity contribution in [1.82, 2.24) is 0 Å². The number of nitriles is 2. The second kappa shape index (κ2) is 5.98. The minimum absolute atomic E-state index is 0.118. The molecule has 0 saturated carbocycles. The summed E-state index contributed by atoms with van der Waals surface area (Å²) in [5.41, 5.74) is -0.425. The topological polar surface area (TPSA) is 68.8 Å². The van der Waals surface area contributed by atoms with Crippen LogP contribution >= 0.6 is 11.6 Å². The van der Waals surface area contributed by atoms with Crippen LogP contribution in [0.5, 0.6) is 5.75 Å². The second-order valence-corrected chi connectivity index (χ2v) is 3.55. The van der Waals surface area contributed by atoms with Gasteiger partial charge in [-0.1, -0.05) is 11.6 Å². The van der Waals surface area contributed by atoms with Gasteiger partial charge in [-0.15, -0.1) is 13.2 Å². The molecule has 1 rings (SSSR count). The Balaban J connectivity index is 3.06. The molecular weight excluding hydrogens is 283 g/mol.